The van der Waals surface area contributed by atoms with Gasteiger partial charge in [0.15, 0.2) is 5.82 Å². The average molecular weight is 293 g/mol. The van der Waals surface area contributed by atoms with Gasteiger partial charge in [0.1, 0.15) is 0 Å². The lowest BCUT2D eigenvalue weighted by molar-refractivity contribution is 0.344. The predicted molar refractivity (Wildman–Crippen MR) is 85.4 cm³/mol. The first-order chi connectivity index (χ1) is 10.3. The van der Waals surface area contributed by atoms with Crippen LogP contribution in [-0.2, 0) is 6.42 Å². The van der Waals surface area contributed by atoms with E-state index in [9.17, 15) is 0 Å². The highest BCUT2D eigenvalue weighted by Crippen LogP contribution is 2.38. The van der Waals surface area contributed by atoms with Gasteiger partial charge in [0.05, 0.1) is 0 Å². The molecule has 3 unspecified atom stereocenters. The lowest BCUT2D eigenvalue weighted by Crippen LogP contribution is -2.31. The van der Waals surface area contributed by atoms with E-state index < -0.39 is 0 Å². The Kier molecular flexibility index (Phi) is 6.68. The maximum Gasteiger partial charge on any atom is 0.228 e. The molecule has 1 saturated carbocycles. The largest absolute Gasteiger partial charge is 0.339 e. The molecule has 4 heteroatoms. The first kappa shape index (κ1) is 16.5. The van der Waals surface area contributed by atoms with Crippen LogP contribution in [0.15, 0.2) is 4.52 Å². The van der Waals surface area contributed by atoms with Crippen molar-refractivity contribution in [3.8, 4) is 0 Å². The summed E-state index contributed by atoms with van der Waals surface area (Å²) in [4.78, 5) is 4.67. The molecule has 3 atom stereocenters. The molecule has 4 nitrogen and oxygen atoms in total. The van der Waals surface area contributed by atoms with Crippen molar-refractivity contribution in [2.75, 3.05) is 6.54 Å². The van der Waals surface area contributed by atoms with Crippen LogP contribution in [-0.4, -0.2) is 22.7 Å². The third-order valence-electron chi connectivity index (χ3n) is 4.71. The second kappa shape index (κ2) is 8.52. The second-order valence-corrected chi connectivity index (χ2v) is 6.47. The molecule has 1 aromatic rings. The molecule has 0 saturated heterocycles. The SMILES string of the molecule is CCCNC(CCC)Cc1nc(C2CCC(CC)C2)no1. The van der Waals surface area contributed by atoms with E-state index in [4.69, 9.17) is 4.52 Å². The van der Waals surface area contributed by atoms with Gasteiger partial charge in [-0.3, -0.25) is 0 Å². The summed E-state index contributed by atoms with van der Waals surface area (Å²) in [6.07, 6.45) is 9.44. The second-order valence-electron chi connectivity index (χ2n) is 6.47. The number of nitrogens with one attached hydrogen (secondary N) is 1. The van der Waals surface area contributed by atoms with E-state index in [1.165, 1.54) is 38.5 Å². The van der Waals surface area contributed by atoms with Crippen LogP contribution < -0.4 is 5.32 Å². The standard InChI is InChI=1S/C17H31N3O/c1-4-7-15(18-10-5-2)12-16-19-17(20-21-16)14-9-8-13(6-3)11-14/h13-15,18H,4-12H2,1-3H3. The van der Waals surface area contributed by atoms with E-state index in [-0.39, 0.29) is 0 Å². The fraction of sp³-hybridized carbons (Fsp3) is 0.882. The molecule has 0 radical (unpaired) electrons. The summed E-state index contributed by atoms with van der Waals surface area (Å²) in [5.74, 6) is 3.15. The Morgan fingerprint density at radius 2 is 2.10 bits per heavy atom. The van der Waals surface area contributed by atoms with Crippen molar-refractivity contribution in [1.82, 2.24) is 15.5 Å². The summed E-state index contributed by atoms with van der Waals surface area (Å²) in [7, 11) is 0. The Hall–Kier alpha value is -0.900. The summed E-state index contributed by atoms with van der Waals surface area (Å²) >= 11 is 0. The number of hydrogen-bond donors (Lipinski definition) is 1. The number of nitrogens with zero attached hydrogens (tertiary/aromatic N) is 2. The van der Waals surface area contributed by atoms with E-state index in [1.807, 2.05) is 0 Å². The molecule has 1 fully saturated rings. The van der Waals surface area contributed by atoms with Crippen LogP contribution in [0.1, 0.15) is 83.3 Å². The summed E-state index contributed by atoms with van der Waals surface area (Å²) in [5, 5.41) is 7.83. The van der Waals surface area contributed by atoms with Crippen LogP contribution >= 0.6 is 0 Å². The molecule has 0 aromatic carbocycles. The van der Waals surface area contributed by atoms with Gasteiger partial charge >= 0.3 is 0 Å². The molecule has 1 heterocycles. The fourth-order valence-electron chi connectivity index (χ4n) is 3.38. The minimum absolute atomic E-state index is 0.468. The first-order valence-corrected chi connectivity index (χ1v) is 8.82. The summed E-state index contributed by atoms with van der Waals surface area (Å²) in [6, 6.07) is 0.468. The van der Waals surface area contributed by atoms with Crippen LogP contribution in [0, 0.1) is 5.92 Å². The number of rotatable bonds is 9. The number of aromatic nitrogens is 2. The lowest BCUT2D eigenvalue weighted by atomic mass is 10.0. The van der Waals surface area contributed by atoms with Crippen molar-refractivity contribution >= 4 is 0 Å². The molecule has 120 valence electrons. The van der Waals surface area contributed by atoms with Crippen molar-refractivity contribution < 1.29 is 4.52 Å². The highest BCUT2D eigenvalue weighted by Gasteiger charge is 2.28. The highest BCUT2D eigenvalue weighted by molar-refractivity contribution is 5.00. The van der Waals surface area contributed by atoms with Crippen molar-refractivity contribution in [3.63, 3.8) is 0 Å². The fourth-order valence-corrected chi connectivity index (χ4v) is 3.38. The zero-order valence-corrected chi connectivity index (χ0v) is 13.9. The topological polar surface area (TPSA) is 51.0 Å². The van der Waals surface area contributed by atoms with E-state index in [0.29, 0.717) is 12.0 Å². The van der Waals surface area contributed by atoms with Crippen molar-refractivity contribution in [2.45, 2.75) is 84.1 Å². The van der Waals surface area contributed by atoms with Gasteiger partial charge in [-0.1, -0.05) is 38.8 Å². The van der Waals surface area contributed by atoms with Crippen LogP contribution in [0.3, 0.4) is 0 Å². The molecule has 0 aliphatic heterocycles. The molecule has 21 heavy (non-hydrogen) atoms. The van der Waals surface area contributed by atoms with Gasteiger partial charge in [0.25, 0.3) is 0 Å². The van der Waals surface area contributed by atoms with Gasteiger partial charge in [-0.15, -0.1) is 0 Å². The Bertz CT molecular complexity index is 404. The smallest absolute Gasteiger partial charge is 0.228 e. The minimum atomic E-state index is 0.468. The third-order valence-corrected chi connectivity index (χ3v) is 4.71. The van der Waals surface area contributed by atoms with Gasteiger partial charge in [0.2, 0.25) is 5.89 Å². The normalized spacial score (nSPS) is 23.6. The monoisotopic (exact) mass is 293 g/mol. The number of hydrogen-bond acceptors (Lipinski definition) is 4. The molecule has 1 N–H and O–H groups in total. The van der Waals surface area contributed by atoms with Gasteiger partial charge in [-0.05, 0) is 44.6 Å². The average Bonchev–Trinajstić information content (AvgIpc) is 3.13. The van der Waals surface area contributed by atoms with Crippen LogP contribution in [0.2, 0.25) is 0 Å². The predicted octanol–water partition coefficient (Wildman–Crippen LogP) is 4.07. The van der Waals surface area contributed by atoms with Crippen molar-refractivity contribution in [1.29, 1.82) is 0 Å². The maximum absolute atomic E-state index is 5.50. The van der Waals surface area contributed by atoms with Crippen molar-refractivity contribution in [3.05, 3.63) is 11.7 Å². The molecular formula is C17H31N3O. The summed E-state index contributed by atoms with van der Waals surface area (Å²) in [5.41, 5.74) is 0. The molecule has 0 bridgehead atoms. The lowest BCUT2D eigenvalue weighted by Gasteiger charge is -2.15. The van der Waals surface area contributed by atoms with Gasteiger partial charge in [-0.2, -0.15) is 4.98 Å². The quantitative estimate of drug-likeness (QED) is 0.745. The highest BCUT2D eigenvalue weighted by atomic mass is 16.5. The van der Waals surface area contributed by atoms with Gasteiger partial charge in [-0.25, -0.2) is 0 Å². The minimum Gasteiger partial charge on any atom is -0.339 e. The Balaban J connectivity index is 1.89. The third kappa shape index (κ3) is 4.80. The van der Waals surface area contributed by atoms with E-state index in [2.05, 4.69) is 36.2 Å². The van der Waals surface area contributed by atoms with Crippen LogP contribution in [0.5, 0.6) is 0 Å². The first-order valence-electron chi connectivity index (χ1n) is 8.82. The molecular weight excluding hydrogens is 262 g/mol. The van der Waals surface area contributed by atoms with E-state index in [0.717, 1.165) is 37.0 Å². The van der Waals surface area contributed by atoms with E-state index in [1.54, 1.807) is 0 Å². The van der Waals surface area contributed by atoms with Crippen molar-refractivity contribution in [2.24, 2.45) is 5.92 Å². The molecule has 1 aliphatic carbocycles. The van der Waals surface area contributed by atoms with Gasteiger partial charge < -0.3 is 9.84 Å². The van der Waals surface area contributed by atoms with Crippen LogP contribution in [0.25, 0.3) is 0 Å². The maximum atomic E-state index is 5.50. The van der Waals surface area contributed by atoms with E-state index >= 15 is 0 Å². The molecule has 0 amide bonds. The van der Waals surface area contributed by atoms with Crippen LogP contribution in [0.4, 0.5) is 0 Å². The van der Waals surface area contributed by atoms with Gasteiger partial charge in [0, 0.05) is 18.4 Å². The molecule has 1 aromatic heterocycles. The molecule has 0 spiro atoms. The zero-order valence-electron chi connectivity index (χ0n) is 13.9. The Labute approximate surface area is 129 Å². The summed E-state index contributed by atoms with van der Waals surface area (Å²) < 4.78 is 5.50. The summed E-state index contributed by atoms with van der Waals surface area (Å²) in [6.45, 7) is 7.77. The Morgan fingerprint density at radius 3 is 2.76 bits per heavy atom. The zero-order chi connectivity index (χ0) is 15.1. The Morgan fingerprint density at radius 1 is 1.24 bits per heavy atom. The molecule has 2 rings (SSSR count). The molecule has 1 aliphatic rings.